The zero-order valence-electron chi connectivity index (χ0n) is 18.4. The minimum Gasteiger partial charge on any atom is -0.493 e. The zero-order valence-corrected chi connectivity index (χ0v) is 18.4. The number of benzene rings is 2. The van der Waals surface area contributed by atoms with Crippen LogP contribution in [0, 0.1) is 6.92 Å². The van der Waals surface area contributed by atoms with E-state index in [1.165, 1.54) is 0 Å². The molecule has 1 aliphatic rings. The molecule has 0 unspecified atom stereocenters. The molecule has 6 nitrogen and oxygen atoms in total. The van der Waals surface area contributed by atoms with Crippen LogP contribution < -0.4 is 14.8 Å². The van der Waals surface area contributed by atoms with Gasteiger partial charge in [-0.15, -0.1) is 0 Å². The molecule has 1 aliphatic heterocycles. The predicted octanol–water partition coefficient (Wildman–Crippen LogP) is 4.19. The molecule has 31 heavy (non-hydrogen) atoms. The van der Waals surface area contributed by atoms with E-state index in [4.69, 9.17) is 9.47 Å². The van der Waals surface area contributed by atoms with Gasteiger partial charge in [0.05, 0.1) is 14.2 Å². The number of methoxy groups -OCH3 is 2. The Morgan fingerprint density at radius 2 is 1.55 bits per heavy atom. The second-order valence-electron chi connectivity index (χ2n) is 7.70. The van der Waals surface area contributed by atoms with Gasteiger partial charge >= 0.3 is 0 Å². The number of carbonyl (C=O) groups excluding carboxylic acids is 2. The molecule has 164 valence electrons. The summed E-state index contributed by atoms with van der Waals surface area (Å²) in [5.74, 6) is 0.679. The van der Waals surface area contributed by atoms with E-state index in [0.717, 1.165) is 36.8 Å². The maximum Gasteiger partial charge on any atom is 0.270 e. The van der Waals surface area contributed by atoms with E-state index >= 15 is 0 Å². The molecule has 0 atom stereocenters. The number of hydrogen-bond acceptors (Lipinski definition) is 4. The molecule has 3 rings (SSSR count). The SMILES string of the molecule is COc1ccc(C=C(NC(=O)c2ccc(C)cc2)C(=O)N2CCCCCC2)cc1OC. The van der Waals surface area contributed by atoms with Gasteiger partial charge in [-0.2, -0.15) is 0 Å². The molecule has 0 saturated carbocycles. The quantitative estimate of drug-likeness (QED) is 0.709. The summed E-state index contributed by atoms with van der Waals surface area (Å²) in [6, 6.07) is 12.7. The molecule has 2 aromatic carbocycles. The molecule has 0 aromatic heterocycles. The maximum atomic E-state index is 13.3. The number of nitrogens with zero attached hydrogens (tertiary/aromatic N) is 1. The van der Waals surface area contributed by atoms with Gasteiger partial charge in [-0.25, -0.2) is 0 Å². The number of rotatable bonds is 6. The van der Waals surface area contributed by atoms with Crippen molar-refractivity contribution in [1.29, 1.82) is 0 Å². The summed E-state index contributed by atoms with van der Waals surface area (Å²) < 4.78 is 10.7. The van der Waals surface area contributed by atoms with Crippen molar-refractivity contribution in [3.05, 3.63) is 64.9 Å². The summed E-state index contributed by atoms with van der Waals surface area (Å²) in [6.07, 6.45) is 5.88. The van der Waals surface area contributed by atoms with Crippen LogP contribution in [0.2, 0.25) is 0 Å². The fourth-order valence-electron chi connectivity index (χ4n) is 3.60. The summed E-state index contributed by atoms with van der Waals surface area (Å²) in [5.41, 5.74) is 2.56. The number of ether oxygens (including phenoxy) is 2. The number of carbonyl (C=O) groups is 2. The highest BCUT2D eigenvalue weighted by molar-refractivity contribution is 6.05. The first-order valence-electron chi connectivity index (χ1n) is 10.6. The molecule has 0 spiro atoms. The van der Waals surface area contributed by atoms with Crippen LogP contribution in [0.3, 0.4) is 0 Å². The lowest BCUT2D eigenvalue weighted by atomic mass is 10.1. The number of amides is 2. The van der Waals surface area contributed by atoms with Gasteiger partial charge in [-0.1, -0.05) is 36.6 Å². The average molecular weight is 423 g/mol. The van der Waals surface area contributed by atoms with E-state index in [-0.39, 0.29) is 17.5 Å². The largest absolute Gasteiger partial charge is 0.493 e. The van der Waals surface area contributed by atoms with Crippen LogP contribution in [0.5, 0.6) is 11.5 Å². The van der Waals surface area contributed by atoms with E-state index < -0.39 is 0 Å². The van der Waals surface area contributed by atoms with Gasteiger partial charge in [0.25, 0.3) is 11.8 Å². The number of nitrogens with one attached hydrogen (secondary N) is 1. The number of hydrogen-bond donors (Lipinski definition) is 1. The second-order valence-corrected chi connectivity index (χ2v) is 7.70. The predicted molar refractivity (Wildman–Crippen MR) is 121 cm³/mol. The van der Waals surface area contributed by atoms with Gasteiger partial charge in [0, 0.05) is 18.7 Å². The molecule has 6 heteroatoms. The Labute approximate surface area is 183 Å². The van der Waals surface area contributed by atoms with E-state index in [1.807, 2.05) is 30.0 Å². The van der Waals surface area contributed by atoms with Crippen LogP contribution >= 0.6 is 0 Å². The van der Waals surface area contributed by atoms with Crippen molar-refractivity contribution in [3.8, 4) is 11.5 Å². The van der Waals surface area contributed by atoms with Crippen molar-refractivity contribution in [2.45, 2.75) is 32.6 Å². The van der Waals surface area contributed by atoms with Crippen molar-refractivity contribution in [2.24, 2.45) is 0 Å². The Balaban J connectivity index is 1.92. The van der Waals surface area contributed by atoms with Crippen LogP contribution in [0.15, 0.2) is 48.2 Å². The molecule has 0 bridgehead atoms. The number of aryl methyl sites for hydroxylation is 1. The molecule has 1 saturated heterocycles. The molecule has 0 aliphatic carbocycles. The molecule has 0 radical (unpaired) electrons. The Morgan fingerprint density at radius 3 is 2.16 bits per heavy atom. The van der Waals surface area contributed by atoms with Crippen LogP contribution in [-0.2, 0) is 4.79 Å². The molecule has 1 N–H and O–H groups in total. The van der Waals surface area contributed by atoms with Crippen LogP contribution in [0.4, 0.5) is 0 Å². The minimum absolute atomic E-state index is 0.169. The Morgan fingerprint density at radius 1 is 0.903 bits per heavy atom. The van der Waals surface area contributed by atoms with Gasteiger partial charge < -0.3 is 19.7 Å². The van der Waals surface area contributed by atoms with Gasteiger partial charge in [-0.3, -0.25) is 9.59 Å². The van der Waals surface area contributed by atoms with Gasteiger partial charge in [-0.05, 0) is 55.7 Å². The molecule has 2 amide bonds. The molecule has 1 heterocycles. The first kappa shape index (κ1) is 22.4. The fourth-order valence-corrected chi connectivity index (χ4v) is 3.60. The topological polar surface area (TPSA) is 67.9 Å². The van der Waals surface area contributed by atoms with Crippen LogP contribution in [0.25, 0.3) is 6.08 Å². The Kier molecular flexibility index (Phi) is 7.70. The summed E-state index contributed by atoms with van der Waals surface area (Å²) in [5, 5.41) is 2.84. The smallest absolute Gasteiger partial charge is 0.270 e. The maximum absolute atomic E-state index is 13.3. The third kappa shape index (κ3) is 5.87. The van der Waals surface area contributed by atoms with E-state index in [0.29, 0.717) is 30.2 Å². The average Bonchev–Trinajstić information content (AvgIpc) is 3.08. The third-order valence-corrected chi connectivity index (χ3v) is 5.40. The first-order valence-corrected chi connectivity index (χ1v) is 10.6. The standard InChI is InChI=1S/C25H30N2O4/c1-18-8-11-20(12-9-18)24(28)26-21(25(29)27-14-6-4-5-7-15-27)16-19-10-13-22(30-2)23(17-19)31-3/h8-13,16-17H,4-7,14-15H2,1-3H3,(H,26,28). The lowest BCUT2D eigenvalue weighted by molar-refractivity contribution is -0.127. The van der Waals surface area contributed by atoms with Gasteiger partial charge in [0.2, 0.25) is 0 Å². The van der Waals surface area contributed by atoms with Crippen molar-refractivity contribution < 1.29 is 19.1 Å². The van der Waals surface area contributed by atoms with Crippen LogP contribution in [0.1, 0.15) is 47.2 Å². The van der Waals surface area contributed by atoms with Gasteiger partial charge in [0.1, 0.15) is 5.70 Å². The first-order chi connectivity index (χ1) is 15.0. The van der Waals surface area contributed by atoms with E-state index in [2.05, 4.69) is 5.32 Å². The lowest BCUT2D eigenvalue weighted by Gasteiger charge is -2.22. The Hall–Kier alpha value is -3.28. The minimum atomic E-state index is -0.310. The van der Waals surface area contributed by atoms with E-state index in [1.54, 1.807) is 44.6 Å². The van der Waals surface area contributed by atoms with Crippen molar-refractivity contribution in [3.63, 3.8) is 0 Å². The summed E-state index contributed by atoms with van der Waals surface area (Å²) >= 11 is 0. The number of likely N-dealkylation sites (tertiary alicyclic amines) is 1. The van der Waals surface area contributed by atoms with Crippen LogP contribution in [-0.4, -0.2) is 44.0 Å². The fraction of sp³-hybridized carbons (Fsp3) is 0.360. The van der Waals surface area contributed by atoms with Crippen molar-refractivity contribution >= 4 is 17.9 Å². The normalized spacial score (nSPS) is 14.5. The highest BCUT2D eigenvalue weighted by Gasteiger charge is 2.22. The summed E-state index contributed by atoms with van der Waals surface area (Å²) in [6.45, 7) is 3.36. The highest BCUT2D eigenvalue weighted by atomic mass is 16.5. The summed E-state index contributed by atoms with van der Waals surface area (Å²) in [4.78, 5) is 28.0. The lowest BCUT2D eigenvalue weighted by Crippen LogP contribution is -2.39. The summed E-state index contributed by atoms with van der Waals surface area (Å²) in [7, 11) is 3.14. The van der Waals surface area contributed by atoms with Crippen molar-refractivity contribution in [1.82, 2.24) is 10.2 Å². The highest BCUT2D eigenvalue weighted by Crippen LogP contribution is 2.28. The van der Waals surface area contributed by atoms with Gasteiger partial charge in [0.15, 0.2) is 11.5 Å². The third-order valence-electron chi connectivity index (χ3n) is 5.40. The molecular weight excluding hydrogens is 392 g/mol. The zero-order chi connectivity index (χ0) is 22.2. The molecule has 2 aromatic rings. The Bertz CT molecular complexity index is 942. The van der Waals surface area contributed by atoms with E-state index in [9.17, 15) is 9.59 Å². The molecule has 1 fully saturated rings. The monoisotopic (exact) mass is 422 g/mol. The second kappa shape index (κ2) is 10.7. The molecular formula is C25H30N2O4. The van der Waals surface area contributed by atoms with Crippen molar-refractivity contribution in [2.75, 3.05) is 27.3 Å².